The Kier molecular flexibility index (Phi) is 5.92. The highest BCUT2D eigenvalue weighted by molar-refractivity contribution is 6.02. The SMILES string of the molecule is Cc1c(NC(=O)/C=C/c2ccccc2OC(F)F)c(=O)n(-c2ccccc2)n1C. The second kappa shape index (κ2) is 8.55. The molecule has 6 nitrogen and oxygen atoms in total. The number of amides is 1. The van der Waals surface area contributed by atoms with E-state index in [2.05, 4.69) is 10.1 Å². The number of rotatable bonds is 6. The Bertz CT molecular complexity index is 1100. The van der Waals surface area contributed by atoms with E-state index in [1.54, 1.807) is 42.9 Å². The average Bonchev–Trinajstić information content (AvgIpc) is 2.91. The zero-order chi connectivity index (χ0) is 21.0. The lowest BCUT2D eigenvalue weighted by molar-refractivity contribution is -0.111. The van der Waals surface area contributed by atoms with Gasteiger partial charge in [-0.3, -0.25) is 14.3 Å². The Morgan fingerprint density at radius 2 is 1.76 bits per heavy atom. The second-order valence-corrected chi connectivity index (χ2v) is 6.18. The maximum atomic E-state index is 12.8. The lowest BCUT2D eigenvalue weighted by Crippen LogP contribution is -2.22. The number of carbonyl (C=O) groups excluding carboxylic acids is 1. The van der Waals surface area contributed by atoms with Gasteiger partial charge in [0.1, 0.15) is 11.4 Å². The fraction of sp³-hybridized carbons (Fsp3) is 0.143. The van der Waals surface area contributed by atoms with Crippen LogP contribution in [0.15, 0.2) is 65.5 Å². The number of para-hydroxylation sites is 2. The Hall–Kier alpha value is -3.68. The normalized spacial score (nSPS) is 11.2. The molecule has 150 valence electrons. The van der Waals surface area contributed by atoms with Crippen molar-refractivity contribution in [3.63, 3.8) is 0 Å². The molecule has 0 spiro atoms. The third-order valence-corrected chi connectivity index (χ3v) is 4.35. The summed E-state index contributed by atoms with van der Waals surface area (Å²) in [5, 5.41) is 2.57. The van der Waals surface area contributed by atoms with Gasteiger partial charge in [-0.2, -0.15) is 8.78 Å². The van der Waals surface area contributed by atoms with Crippen LogP contribution in [0.5, 0.6) is 5.75 Å². The number of anilines is 1. The Balaban J connectivity index is 1.84. The van der Waals surface area contributed by atoms with Crippen molar-refractivity contribution in [1.82, 2.24) is 9.36 Å². The van der Waals surface area contributed by atoms with Crippen molar-refractivity contribution in [3.05, 3.63) is 82.3 Å². The molecule has 0 aliphatic carbocycles. The van der Waals surface area contributed by atoms with E-state index in [1.165, 1.54) is 22.9 Å². The van der Waals surface area contributed by atoms with Crippen LogP contribution in [0.1, 0.15) is 11.3 Å². The van der Waals surface area contributed by atoms with Gasteiger partial charge >= 0.3 is 6.61 Å². The van der Waals surface area contributed by atoms with Crippen LogP contribution in [0.3, 0.4) is 0 Å². The topological polar surface area (TPSA) is 65.3 Å². The Morgan fingerprint density at radius 1 is 1.10 bits per heavy atom. The van der Waals surface area contributed by atoms with E-state index in [0.29, 0.717) is 16.9 Å². The Labute approximate surface area is 165 Å². The molecule has 29 heavy (non-hydrogen) atoms. The minimum absolute atomic E-state index is 0.0473. The van der Waals surface area contributed by atoms with E-state index in [9.17, 15) is 18.4 Å². The molecule has 0 atom stereocenters. The fourth-order valence-corrected chi connectivity index (χ4v) is 2.86. The minimum atomic E-state index is -2.97. The van der Waals surface area contributed by atoms with Crippen molar-refractivity contribution in [1.29, 1.82) is 0 Å². The molecule has 3 rings (SSSR count). The third-order valence-electron chi connectivity index (χ3n) is 4.35. The second-order valence-electron chi connectivity index (χ2n) is 6.18. The van der Waals surface area contributed by atoms with Crippen molar-refractivity contribution in [2.75, 3.05) is 5.32 Å². The van der Waals surface area contributed by atoms with Gasteiger partial charge in [-0.15, -0.1) is 0 Å². The summed E-state index contributed by atoms with van der Waals surface area (Å²) in [7, 11) is 1.72. The number of benzene rings is 2. The first-order valence-corrected chi connectivity index (χ1v) is 8.75. The van der Waals surface area contributed by atoms with Crippen molar-refractivity contribution >= 4 is 17.7 Å². The van der Waals surface area contributed by atoms with Gasteiger partial charge < -0.3 is 10.1 Å². The van der Waals surface area contributed by atoms with Gasteiger partial charge in [-0.25, -0.2) is 4.68 Å². The monoisotopic (exact) mass is 399 g/mol. The molecule has 0 fully saturated rings. The van der Waals surface area contributed by atoms with Crippen LogP contribution in [0.4, 0.5) is 14.5 Å². The molecule has 1 aromatic heterocycles. The van der Waals surface area contributed by atoms with Crippen LogP contribution in [-0.4, -0.2) is 21.9 Å². The third kappa shape index (κ3) is 4.43. The minimum Gasteiger partial charge on any atom is -0.434 e. The van der Waals surface area contributed by atoms with E-state index in [-0.39, 0.29) is 17.0 Å². The van der Waals surface area contributed by atoms with Gasteiger partial charge in [0.15, 0.2) is 0 Å². The molecule has 0 unspecified atom stereocenters. The molecule has 3 aromatic rings. The number of aromatic nitrogens is 2. The number of ether oxygens (including phenoxy) is 1. The van der Waals surface area contributed by atoms with Gasteiger partial charge in [-0.05, 0) is 31.2 Å². The summed E-state index contributed by atoms with van der Waals surface area (Å²) in [6.45, 7) is -1.26. The highest BCUT2D eigenvalue weighted by atomic mass is 19.3. The summed E-state index contributed by atoms with van der Waals surface area (Å²) >= 11 is 0. The molecule has 0 aliphatic rings. The lowest BCUT2D eigenvalue weighted by atomic mass is 10.2. The van der Waals surface area contributed by atoms with E-state index in [1.807, 2.05) is 18.2 Å². The standard InChI is InChI=1S/C21H19F2N3O3/c1-14-19(20(28)26(25(14)2)16-9-4-3-5-10-16)24-18(27)13-12-15-8-6-7-11-17(15)29-21(22)23/h3-13,21H,1-2H3,(H,24,27)/b13-12+. The number of hydrogen-bond donors (Lipinski definition) is 1. The average molecular weight is 399 g/mol. The van der Waals surface area contributed by atoms with Crippen molar-refractivity contribution in [2.45, 2.75) is 13.5 Å². The molecule has 1 amide bonds. The summed E-state index contributed by atoms with van der Waals surface area (Å²) in [5.74, 6) is -0.614. The fourth-order valence-electron chi connectivity index (χ4n) is 2.86. The highest BCUT2D eigenvalue weighted by Crippen LogP contribution is 2.21. The predicted octanol–water partition coefficient (Wildman–Crippen LogP) is 3.74. The molecular weight excluding hydrogens is 380 g/mol. The van der Waals surface area contributed by atoms with E-state index in [4.69, 9.17) is 0 Å². The highest BCUT2D eigenvalue weighted by Gasteiger charge is 2.17. The van der Waals surface area contributed by atoms with Crippen LogP contribution in [0, 0.1) is 6.92 Å². The first-order valence-electron chi connectivity index (χ1n) is 8.75. The molecule has 1 heterocycles. The molecule has 0 bridgehead atoms. The van der Waals surface area contributed by atoms with Crippen molar-refractivity contribution in [2.24, 2.45) is 7.05 Å². The van der Waals surface area contributed by atoms with Gasteiger partial charge in [0.2, 0.25) is 5.91 Å². The Morgan fingerprint density at radius 3 is 2.45 bits per heavy atom. The van der Waals surface area contributed by atoms with Crippen LogP contribution < -0.4 is 15.6 Å². The lowest BCUT2D eigenvalue weighted by Gasteiger charge is -2.07. The molecule has 1 N–H and O–H groups in total. The summed E-state index contributed by atoms with van der Waals surface area (Å²) in [6, 6.07) is 15.1. The van der Waals surface area contributed by atoms with Crippen LogP contribution in [0.2, 0.25) is 0 Å². The number of hydrogen-bond acceptors (Lipinski definition) is 3. The van der Waals surface area contributed by atoms with Gasteiger partial charge in [0, 0.05) is 18.7 Å². The first kappa shape index (κ1) is 20.1. The molecular formula is C21H19F2N3O3. The zero-order valence-electron chi connectivity index (χ0n) is 15.8. The van der Waals surface area contributed by atoms with Crippen molar-refractivity contribution in [3.8, 4) is 11.4 Å². The zero-order valence-corrected chi connectivity index (χ0v) is 15.8. The summed E-state index contributed by atoms with van der Waals surface area (Å²) in [6.07, 6.45) is 2.51. The number of halogens is 2. The van der Waals surface area contributed by atoms with Crippen LogP contribution in [0.25, 0.3) is 11.8 Å². The maximum absolute atomic E-state index is 12.8. The van der Waals surface area contributed by atoms with Gasteiger partial charge in [0.05, 0.1) is 11.4 Å². The van der Waals surface area contributed by atoms with Crippen LogP contribution in [-0.2, 0) is 11.8 Å². The molecule has 0 saturated heterocycles. The molecule has 0 radical (unpaired) electrons. The first-order chi connectivity index (χ1) is 13.9. The van der Waals surface area contributed by atoms with E-state index >= 15 is 0 Å². The largest absolute Gasteiger partial charge is 0.434 e. The quantitative estimate of drug-likeness (QED) is 0.643. The maximum Gasteiger partial charge on any atom is 0.387 e. The molecule has 8 heteroatoms. The molecule has 0 saturated carbocycles. The number of nitrogens with one attached hydrogen (secondary N) is 1. The van der Waals surface area contributed by atoms with Crippen LogP contribution >= 0.6 is 0 Å². The number of carbonyl (C=O) groups is 1. The summed E-state index contributed by atoms with van der Waals surface area (Å²) in [5.41, 5.74) is 1.32. The smallest absolute Gasteiger partial charge is 0.387 e. The number of nitrogens with zero attached hydrogens (tertiary/aromatic N) is 2. The van der Waals surface area contributed by atoms with Gasteiger partial charge in [0.25, 0.3) is 5.56 Å². The summed E-state index contributed by atoms with van der Waals surface area (Å²) in [4.78, 5) is 25.1. The summed E-state index contributed by atoms with van der Waals surface area (Å²) < 4.78 is 32.5. The number of alkyl halides is 2. The predicted molar refractivity (Wildman–Crippen MR) is 106 cm³/mol. The van der Waals surface area contributed by atoms with Gasteiger partial charge in [-0.1, -0.05) is 36.4 Å². The van der Waals surface area contributed by atoms with Crippen molar-refractivity contribution < 1.29 is 18.3 Å². The van der Waals surface area contributed by atoms with E-state index in [0.717, 1.165) is 6.08 Å². The molecule has 2 aromatic carbocycles. The van der Waals surface area contributed by atoms with E-state index < -0.39 is 12.5 Å². The molecule has 0 aliphatic heterocycles.